The second-order valence-corrected chi connectivity index (χ2v) is 6.39. The fourth-order valence-electron chi connectivity index (χ4n) is 2.25. The Morgan fingerprint density at radius 3 is 2.95 bits per heavy atom. The van der Waals surface area contributed by atoms with Crippen molar-refractivity contribution in [1.29, 1.82) is 0 Å². The summed E-state index contributed by atoms with van der Waals surface area (Å²) in [5.74, 6) is 0.634. The summed E-state index contributed by atoms with van der Waals surface area (Å²) in [5.41, 5.74) is 6.59. The third-order valence-electron chi connectivity index (χ3n) is 3.53. The van der Waals surface area contributed by atoms with Crippen molar-refractivity contribution in [1.82, 2.24) is 10.3 Å². The molecular weight excluding hydrogens is 270 g/mol. The van der Waals surface area contributed by atoms with E-state index in [1.54, 1.807) is 11.8 Å². The van der Waals surface area contributed by atoms with Gasteiger partial charge in [0, 0.05) is 22.7 Å². The predicted octanol–water partition coefficient (Wildman–Crippen LogP) is 2.26. The van der Waals surface area contributed by atoms with Gasteiger partial charge in [-0.1, -0.05) is 18.2 Å². The van der Waals surface area contributed by atoms with Crippen LogP contribution in [-0.2, 0) is 4.79 Å². The lowest BCUT2D eigenvalue weighted by Crippen LogP contribution is -2.42. The number of rotatable bonds is 7. The molecule has 0 bridgehead atoms. The molecule has 3 rings (SSSR count). The van der Waals surface area contributed by atoms with E-state index >= 15 is 0 Å². The normalized spacial score (nSPS) is 16.4. The number of primary amides is 1. The largest absolute Gasteiger partial charge is 0.368 e. The van der Waals surface area contributed by atoms with Crippen LogP contribution in [0, 0.1) is 0 Å². The monoisotopic (exact) mass is 289 g/mol. The van der Waals surface area contributed by atoms with Crippen molar-refractivity contribution in [2.45, 2.75) is 36.4 Å². The number of carbonyl (C=O) groups excluding carboxylic acids is 1. The summed E-state index contributed by atoms with van der Waals surface area (Å²) in [7, 11) is 0. The van der Waals surface area contributed by atoms with Gasteiger partial charge in [-0.3, -0.25) is 4.79 Å². The summed E-state index contributed by atoms with van der Waals surface area (Å²) >= 11 is 1.74. The van der Waals surface area contributed by atoms with Crippen molar-refractivity contribution in [3.05, 3.63) is 30.3 Å². The highest BCUT2D eigenvalue weighted by atomic mass is 32.2. The average molecular weight is 289 g/mol. The van der Waals surface area contributed by atoms with Crippen LogP contribution in [0.5, 0.6) is 0 Å². The maximum atomic E-state index is 11.4. The second-order valence-electron chi connectivity index (χ2n) is 5.25. The molecule has 1 saturated carbocycles. The van der Waals surface area contributed by atoms with Gasteiger partial charge in [0.25, 0.3) is 0 Å². The topological polar surface area (TPSA) is 70.9 Å². The summed E-state index contributed by atoms with van der Waals surface area (Å²) < 4.78 is 0. The van der Waals surface area contributed by atoms with Crippen LogP contribution in [-0.4, -0.2) is 28.7 Å². The van der Waals surface area contributed by atoms with E-state index in [0.29, 0.717) is 6.04 Å². The number of nitrogens with two attached hydrogens (primary N) is 1. The number of H-pyrrole nitrogens is 1. The van der Waals surface area contributed by atoms with Crippen LogP contribution in [0.4, 0.5) is 0 Å². The first-order valence-corrected chi connectivity index (χ1v) is 7.97. The number of para-hydroxylation sites is 1. The molecule has 106 valence electrons. The fraction of sp³-hybridized carbons (Fsp3) is 0.400. The first-order chi connectivity index (χ1) is 9.72. The Morgan fingerprint density at radius 2 is 2.25 bits per heavy atom. The number of fused-ring (bicyclic) bond motifs is 1. The summed E-state index contributed by atoms with van der Waals surface area (Å²) in [5, 5.41) is 5.66. The maximum absolute atomic E-state index is 11.4. The second kappa shape index (κ2) is 5.89. The molecule has 5 heteroatoms. The lowest BCUT2D eigenvalue weighted by molar-refractivity contribution is -0.120. The van der Waals surface area contributed by atoms with Crippen LogP contribution in [0.1, 0.15) is 19.3 Å². The lowest BCUT2D eigenvalue weighted by atomic mass is 10.2. The molecule has 1 unspecified atom stereocenters. The Hall–Kier alpha value is -1.46. The minimum absolute atomic E-state index is 0.195. The number of aromatic nitrogens is 1. The number of hydrogen-bond donors (Lipinski definition) is 3. The third-order valence-corrected chi connectivity index (χ3v) is 4.50. The molecule has 4 N–H and O–H groups in total. The van der Waals surface area contributed by atoms with Gasteiger partial charge in [0.05, 0.1) is 11.1 Å². The first kappa shape index (κ1) is 13.5. The van der Waals surface area contributed by atoms with Gasteiger partial charge in [-0.2, -0.15) is 0 Å². The smallest absolute Gasteiger partial charge is 0.234 e. The molecule has 1 atom stereocenters. The van der Waals surface area contributed by atoms with Gasteiger partial charge >= 0.3 is 0 Å². The predicted molar refractivity (Wildman–Crippen MR) is 82.8 cm³/mol. The molecule has 4 nitrogen and oxygen atoms in total. The highest BCUT2D eigenvalue weighted by Gasteiger charge is 2.26. The molecule has 1 aromatic carbocycles. The van der Waals surface area contributed by atoms with E-state index in [1.807, 2.05) is 12.1 Å². The minimum atomic E-state index is -0.242. The molecule has 0 spiro atoms. The maximum Gasteiger partial charge on any atom is 0.234 e. The number of carbonyl (C=O) groups is 1. The highest BCUT2D eigenvalue weighted by Crippen LogP contribution is 2.25. The molecule has 0 aliphatic heterocycles. The number of amides is 1. The van der Waals surface area contributed by atoms with Gasteiger partial charge < -0.3 is 16.0 Å². The average Bonchev–Trinajstić information content (AvgIpc) is 3.15. The van der Waals surface area contributed by atoms with Gasteiger partial charge in [-0.15, -0.1) is 11.8 Å². The van der Waals surface area contributed by atoms with Crippen LogP contribution >= 0.6 is 11.8 Å². The van der Waals surface area contributed by atoms with Crippen molar-refractivity contribution in [2.24, 2.45) is 5.73 Å². The zero-order valence-electron chi connectivity index (χ0n) is 11.3. The number of benzene rings is 1. The van der Waals surface area contributed by atoms with Gasteiger partial charge in [-0.25, -0.2) is 0 Å². The number of hydrogen-bond acceptors (Lipinski definition) is 3. The number of thioether (sulfide) groups is 1. The molecule has 1 heterocycles. The molecule has 20 heavy (non-hydrogen) atoms. The van der Waals surface area contributed by atoms with E-state index in [1.165, 1.54) is 18.2 Å². The Bertz CT molecular complexity index is 573. The van der Waals surface area contributed by atoms with Gasteiger partial charge in [0.2, 0.25) is 5.91 Å². The molecule has 1 aliphatic rings. The quantitative estimate of drug-likeness (QED) is 0.685. The minimum Gasteiger partial charge on any atom is -0.368 e. The molecule has 1 amide bonds. The van der Waals surface area contributed by atoms with E-state index in [0.717, 1.165) is 22.7 Å². The highest BCUT2D eigenvalue weighted by molar-refractivity contribution is 7.99. The third kappa shape index (κ3) is 3.35. The molecule has 1 fully saturated rings. The van der Waals surface area contributed by atoms with Crippen molar-refractivity contribution >= 4 is 28.6 Å². The molecule has 1 aliphatic carbocycles. The van der Waals surface area contributed by atoms with E-state index in [4.69, 9.17) is 5.73 Å². The van der Waals surface area contributed by atoms with E-state index in [2.05, 4.69) is 28.5 Å². The Morgan fingerprint density at radius 1 is 1.45 bits per heavy atom. The molecule has 2 aromatic rings. The molecule has 1 aromatic heterocycles. The zero-order chi connectivity index (χ0) is 13.9. The van der Waals surface area contributed by atoms with E-state index in [-0.39, 0.29) is 11.9 Å². The summed E-state index contributed by atoms with van der Waals surface area (Å²) in [6, 6.07) is 10.7. The van der Waals surface area contributed by atoms with E-state index in [9.17, 15) is 4.79 Å². The van der Waals surface area contributed by atoms with Gasteiger partial charge in [0.1, 0.15) is 0 Å². The van der Waals surface area contributed by atoms with Crippen LogP contribution < -0.4 is 11.1 Å². The summed E-state index contributed by atoms with van der Waals surface area (Å²) in [4.78, 5) is 14.8. The Labute approximate surface area is 122 Å². The SMILES string of the molecule is NC(=O)C(CCSc1cc2ccccc2[nH]1)NC1CC1. The van der Waals surface area contributed by atoms with E-state index < -0.39 is 0 Å². The van der Waals surface area contributed by atoms with Crippen LogP contribution in [0.15, 0.2) is 35.4 Å². The number of nitrogens with one attached hydrogen (secondary N) is 2. The standard InChI is InChI=1S/C15H19N3OS/c16-15(19)13(17-11-5-6-11)7-8-20-14-9-10-3-1-2-4-12(10)18-14/h1-4,9,11,13,17-18H,5-8H2,(H2,16,19). The molecular formula is C15H19N3OS. The van der Waals surface area contributed by atoms with Crippen molar-refractivity contribution in [2.75, 3.05) is 5.75 Å². The zero-order valence-corrected chi connectivity index (χ0v) is 12.1. The van der Waals surface area contributed by atoms with Crippen molar-refractivity contribution in [3.63, 3.8) is 0 Å². The van der Waals surface area contributed by atoms with Crippen molar-refractivity contribution < 1.29 is 4.79 Å². The molecule has 0 saturated heterocycles. The van der Waals surface area contributed by atoms with Crippen LogP contribution in [0.2, 0.25) is 0 Å². The van der Waals surface area contributed by atoms with Gasteiger partial charge in [0.15, 0.2) is 0 Å². The summed E-state index contributed by atoms with van der Waals surface area (Å²) in [6.45, 7) is 0. The van der Waals surface area contributed by atoms with Crippen LogP contribution in [0.25, 0.3) is 10.9 Å². The fourth-order valence-corrected chi connectivity index (χ4v) is 3.22. The van der Waals surface area contributed by atoms with Crippen LogP contribution in [0.3, 0.4) is 0 Å². The molecule has 0 radical (unpaired) electrons. The number of aromatic amines is 1. The van der Waals surface area contributed by atoms with Gasteiger partial charge in [-0.05, 0) is 31.4 Å². The lowest BCUT2D eigenvalue weighted by Gasteiger charge is -2.14. The Kier molecular flexibility index (Phi) is 3.98. The summed E-state index contributed by atoms with van der Waals surface area (Å²) in [6.07, 6.45) is 3.10. The first-order valence-electron chi connectivity index (χ1n) is 6.98. The van der Waals surface area contributed by atoms with Crippen molar-refractivity contribution in [3.8, 4) is 0 Å². The Balaban J connectivity index is 1.54.